The zero-order chi connectivity index (χ0) is 15.3. The molecule has 1 heterocycles. The van der Waals surface area contributed by atoms with E-state index in [0.29, 0.717) is 22.3 Å². The van der Waals surface area contributed by atoms with Gasteiger partial charge in [0.2, 0.25) is 0 Å². The Balaban J connectivity index is 2.35. The van der Waals surface area contributed by atoms with Crippen LogP contribution in [-0.4, -0.2) is 16.1 Å². The van der Waals surface area contributed by atoms with Crippen LogP contribution in [0.2, 0.25) is 0 Å². The molecule has 2 aromatic rings. The second-order valence-corrected chi connectivity index (χ2v) is 5.50. The Hall–Kier alpha value is -2.42. The lowest BCUT2D eigenvalue weighted by Crippen LogP contribution is -2.19. The highest BCUT2D eigenvalue weighted by Gasteiger charge is 2.34. The third-order valence-electron chi connectivity index (χ3n) is 4.36. The number of benzene rings is 1. The summed E-state index contributed by atoms with van der Waals surface area (Å²) in [6.07, 6.45) is 0. The highest BCUT2D eigenvalue weighted by atomic mass is 16.1. The molecule has 3 nitrogen and oxygen atoms in total. The molecule has 3 heteroatoms. The van der Waals surface area contributed by atoms with Crippen LogP contribution >= 0.6 is 0 Å². The summed E-state index contributed by atoms with van der Waals surface area (Å²) in [5.41, 5.74) is 4.87. The van der Waals surface area contributed by atoms with Crippen molar-refractivity contribution in [3.05, 3.63) is 64.0 Å². The SMILES string of the molecule is CC1=C(C)C(=O)c2c(c(C)n(-c3ccccc3)c2C)C1=O. The van der Waals surface area contributed by atoms with Gasteiger partial charge in [-0.1, -0.05) is 18.2 Å². The Morgan fingerprint density at radius 3 is 1.57 bits per heavy atom. The van der Waals surface area contributed by atoms with Gasteiger partial charge in [-0.15, -0.1) is 0 Å². The van der Waals surface area contributed by atoms with Gasteiger partial charge in [0.1, 0.15) is 0 Å². The molecule has 3 rings (SSSR count). The van der Waals surface area contributed by atoms with Crippen LogP contribution in [0.4, 0.5) is 0 Å². The van der Waals surface area contributed by atoms with E-state index in [-0.39, 0.29) is 11.6 Å². The number of aromatic nitrogens is 1. The molecule has 0 fully saturated rings. The molecule has 0 amide bonds. The van der Waals surface area contributed by atoms with Crippen LogP contribution in [0.5, 0.6) is 0 Å². The topological polar surface area (TPSA) is 39.1 Å². The summed E-state index contributed by atoms with van der Waals surface area (Å²) in [4.78, 5) is 25.1. The lowest BCUT2D eigenvalue weighted by Gasteiger charge is -2.14. The van der Waals surface area contributed by atoms with Gasteiger partial charge in [-0.05, 0) is 39.8 Å². The van der Waals surface area contributed by atoms with Crippen molar-refractivity contribution in [3.8, 4) is 5.69 Å². The van der Waals surface area contributed by atoms with E-state index in [0.717, 1.165) is 17.1 Å². The van der Waals surface area contributed by atoms with Crippen molar-refractivity contribution in [1.29, 1.82) is 0 Å². The van der Waals surface area contributed by atoms with Crippen LogP contribution in [-0.2, 0) is 0 Å². The van der Waals surface area contributed by atoms with Crippen LogP contribution in [0.25, 0.3) is 5.69 Å². The van der Waals surface area contributed by atoms with Crippen molar-refractivity contribution in [2.24, 2.45) is 0 Å². The average Bonchev–Trinajstić information content (AvgIpc) is 2.75. The molecule has 0 spiro atoms. The van der Waals surface area contributed by atoms with Crippen molar-refractivity contribution in [2.45, 2.75) is 27.7 Å². The van der Waals surface area contributed by atoms with E-state index in [1.807, 2.05) is 48.7 Å². The lowest BCUT2D eigenvalue weighted by molar-refractivity contribution is 0.0975. The van der Waals surface area contributed by atoms with Crippen LogP contribution in [0.3, 0.4) is 0 Å². The molecule has 0 atom stereocenters. The molecule has 1 aromatic carbocycles. The number of carbonyl (C=O) groups is 2. The summed E-state index contributed by atoms with van der Waals surface area (Å²) in [5, 5.41) is 0. The largest absolute Gasteiger partial charge is 0.317 e. The first kappa shape index (κ1) is 13.6. The standard InChI is InChI=1S/C18H17NO2/c1-10-11(2)18(21)16-13(4)19(12(3)15(16)17(10)20)14-8-6-5-7-9-14/h5-9H,1-4H3. The lowest BCUT2D eigenvalue weighted by atomic mass is 9.86. The fraction of sp³-hybridized carbons (Fsp3) is 0.222. The number of rotatable bonds is 1. The van der Waals surface area contributed by atoms with Crippen molar-refractivity contribution >= 4 is 11.6 Å². The molecule has 21 heavy (non-hydrogen) atoms. The Morgan fingerprint density at radius 1 is 0.714 bits per heavy atom. The predicted molar refractivity (Wildman–Crippen MR) is 82.3 cm³/mol. The van der Waals surface area contributed by atoms with Gasteiger partial charge < -0.3 is 4.57 Å². The maximum Gasteiger partial charge on any atom is 0.191 e. The van der Waals surface area contributed by atoms with E-state index in [4.69, 9.17) is 0 Å². The number of para-hydroxylation sites is 1. The minimum Gasteiger partial charge on any atom is -0.317 e. The van der Waals surface area contributed by atoms with Crippen molar-refractivity contribution in [2.75, 3.05) is 0 Å². The first-order valence-electron chi connectivity index (χ1n) is 6.99. The van der Waals surface area contributed by atoms with E-state index in [1.54, 1.807) is 13.8 Å². The van der Waals surface area contributed by atoms with Crippen LogP contribution in [0, 0.1) is 13.8 Å². The monoisotopic (exact) mass is 279 g/mol. The summed E-state index contributed by atoms with van der Waals surface area (Å²) < 4.78 is 1.99. The van der Waals surface area contributed by atoms with E-state index in [1.165, 1.54) is 0 Å². The van der Waals surface area contributed by atoms with Gasteiger partial charge in [0, 0.05) is 28.2 Å². The Kier molecular flexibility index (Phi) is 2.94. The fourth-order valence-electron chi connectivity index (χ4n) is 3.07. The highest BCUT2D eigenvalue weighted by molar-refractivity contribution is 6.27. The molecule has 1 aliphatic rings. The molecule has 0 saturated heterocycles. The van der Waals surface area contributed by atoms with Gasteiger partial charge in [-0.3, -0.25) is 9.59 Å². The molecule has 1 aromatic heterocycles. The van der Waals surface area contributed by atoms with E-state index in [9.17, 15) is 9.59 Å². The van der Waals surface area contributed by atoms with Gasteiger partial charge in [0.15, 0.2) is 11.6 Å². The number of nitrogens with zero attached hydrogens (tertiary/aromatic N) is 1. The molecular weight excluding hydrogens is 262 g/mol. The molecule has 0 unspecified atom stereocenters. The van der Waals surface area contributed by atoms with E-state index >= 15 is 0 Å². The van der Waals surface area contributed by atoms with E-state index in [2.05, 4.69) is 0 Å². The number of Topliss-reactive ketones (excluding diaryl/α,β-unsaturated/α-hetero) is 2. The Morgan fingerprint density at radius 2 is 1.14 bits per heavy atom. The summed E-state index contributed by atoms with van der Waals surface area (Å²) in [6, 6.07) is 9.81. The first-order chi connectivity index (χ1) is 9.95. The number of allylic oxidation sites excluding steroid dienone is 2. The number of fused-ring (bicyclic) bond motifs is 1. The molecule has 106 valence electrons. The average molecular weight is 279 g/mol. The molecule has 0 N–H and O–H groups in total. The molecule has 0 radical (unpaired) electrons. The summed E-state index contributed by atoms with van der Waals surface area (Å²) >= 11 is 0. The zero-order valence-corrected chi connectivity index (χ0v) is 12.7. The maximum atomic E-state index is 12.6. The van der Waals surface area contributed by atoms with Crippen LogP contribution in [0.1, 0.15) is 46.0 Å². The smallest absolute Gasteiger partial charge is 0.191 e. The fourth-order valence-corrected chi connectivity index (χ4v) is 3.07. The number of ketones is 2. The third-order valence-corrected chi connectivity index (χ3v) is 4.36. The second kappa shape index (κ2) is 4.55. The highest BCUT2D eigenvalue weighted by Crippen LogP contribution is 2.34. The van der Waals surface area contributed by atoms with Gasteiger partial charge in [0.05, 0.1) is 11.1 Å². The molecule has 0 aliphatic heterocycles. The minimum absolute atomic E-state index is 0.0302. The number of hydrogen-bond acceptors (Lipinski definition) is 2. The molecule has 0 bridgehead atoms. The summed E-state index contributed by atoms with van der Waals surface area (Å²) in [6.45, 7) is 7.26. The van der Waals surface area contributed by atoms with Crippen molar-refractivity contribution in [3.63, 3.8) is 0 Å². The van der Waals surface area contributed by atoms with E-state index < -0.39 is 0 Å². The van der Waals surface area contributed by atoms with Gasteiger partial charge in [-0.2, -0.15) is 0 Å². The van der Waals surface area contributed by atoms with Crippen molar-refractivity contribution < 1.29 is 9.59 Å². The summed E-state index contributed by atoms with van der Waals surface area (Å²) in [7, 11) is 0. The van der Waals surface area contributed by atoms with Crippen LogP contribution in [0.15, 0.2) is 41.5 Å². The van der Waals surface area contributed by atoms with Crippen LogP contribution < -0.4 is 0 Å². The normalized spacial score (nSPS) is 14.7. The Bertz CT molecular complexity index is 760. The molecule has 0 saturated carbocycles. The maximum absolute atomic E-state index is 12.6. The third kappa shape index (κ3) is 1.74. The van der Waals surface area contributed by atoms with Gasteiger partial charge in [-0.25, -0.2) is 0 Å². The van der Waals surface area contributed by atoms with Gasteiger partial charge >= 0.3 is 0 Å². The molecular formula is C18H17NO2. The first-order valence-corrected chi connectivity index (χ1v) is 6.99. The Labute approximate surface area is 123 Å². The predicted octanol–water partition coefficient (Wildman–Crippen LogP) is 3.81. The van der Waals surface area contributed by atoms with Crippen molar-refractivity contribution in [1.82, 2.24) is 4.57 Å². The zero-order valence-electron chi connectivity index (χ0n) is 12.7. The number of hydrogen-bond donors (Lipinski definition) is 0. The number of carbonyl (C=O) groups excluding carboxylic acids is 2. The second-order valence-electron chi connectivity index (χ2n) is 5.50. The minimum atomic E-state index is -0.0302. The van der Waals surface area contributed by atoms with Gasteiger partial charge in [0.25, 0.3) is 0 Å². The summed E-state index contributed by atoms with van der Waals surface area (Å²) in [5.74, 6) is -0.0604. The quantitative estimate of drug-likeness (QED) is 0.796. The molecule has 1 aliphatic carbocycles.